The number of carbonyl (C=O) groups excluding carboxylic acids is 1. The zero-order chi connectivity index (χ0) is 25.6. The first-order chi connectivity index (χ1) is 17.3. The van der Waals surface area contributed by atoms with Crippen molar-refractivity contribution in [3.63, 3.8) is 0 Å². The van der Waals surface area contributed by atoms with Gasteiger partial charge in [-0.25, -0.2) is 0 Å². The Morgan fingerprint density at radius 3 is 2.31 bits per heavy atom. The van der Waals surface area contributed by atoms with Gasteiger partial charge in [0.15, 0.2) is 16.9 Å². The van der Waals surface area contributed by atoms with Crippen molar-refractivity contribution in [1.82, 2.24) is 4.90 Å². The Labute approximate surface area is 217 Å². The number of hydrogen-bond donors (Lipinski definition) is 0. The van der Waals surface area contributed by atoms with E-state index in [0.29, 0.717) is 41.0 Å². The SMILES string of the molecule is COc1ccc(CCN2C(=O)c3oc4cc(C)c(C)cc4c(=O)c3C2c2ccc(Br)cc2)cc1OC. The van der Waals surface area contributed by atoms with Crippen LogP contribution in [0.2, 0.25) is 0 Å². The second-order valence-corrected chi connectivity index (χ2v) is 9.91. The molecule has 0 saturated heterocycles. The maximum absolute atomic E-state index is 13.8. The molecule has 3 aromatic carbocycles. The van der Waals surface area contributed by atoms with Crippen LogP contribution in [0.25, 0.3) is 11.0 Å². The second-order valence-electron chi connectivity index (χ2n) is 9.00. The van der Waals surface area contributed by atoms with Gasteiger partial charge in [-0.05, 0) is 78.9 Å². The van der Waals surface area contributed by atoms with Gasteiger partial charge >= 0.3 is 0 Å². The summed E-state index contributed by atoms with van der Waals surface area (Å²) in [6.07, 6.45) is 0.568. The lowest BCUT2D eigenvalue weighted by Gasteiger charge is -2.25. The van der Waals surface area contributed by atoms with Gasteiger partial charge in [-0.3, -0.25) is 9.59 Å². The molecule has 1 aliphatic rings. The monoisotopic (exact) mass is 547 g/mol. The van der Waals surface area contributed by atoms with Crippen LogP contribution in [0, 0.1) is 13.8 Å². The van der Waals surface area contributed by atoms with E-state index in [2.05, 4.69) is 15.9 Å². The van der Waals surface area contributed by atoms with Gasteiger partial charge in [0.2, 0.25) is 5.76 Å². The summed E-state index contributed by atoms with van der Waals surface area (Å²) in [5, 5.41) is 0.494. The predicted molar refractivity (Wildman–Crippen MR) is 142 cm³/mol. The van der Waals surface area contributed by atoms with Crippen LogP contribution in [0.15, 0.2) is 68.3 Å². The van der Waals surface area contributed by atoms with Crippen molar-refractivity contribution >= 4 is 32.8 Å². The van der Waals surface area contributed by atoms with Gasteiger partial charge in [-0.15, -0.1) is 0 Å². The van der Waals surface area contributed by atoms with Crippen molar-refractivity contribution in [2.75, 3.05) is 20.8 Å². The number of amides is 1. The van der Waals surface area contributed by atoms with E-state index < -0.39 is 6.04 Å². The van der Waals surface area contributed by atoms with Gasteiger partial charge < -0.3 is 18.8 Å². The van der Waals surface area contributed by atoms with Crippen LogP contribution >= 0.6 is 15.9 Å². The van der Waals surface area contributed by atoms with Crippen molar-refractivity contribution in [3.8, 4) is 11.5 Å². The zero-order valence-corrected chi connectivity index (χ0v) is 22.1. The Kier molecular flexibility index (Phi) is 6.35. The molecule has 0 spiro atoms. The van der Waals surface area contributed by atoms with Crippen LogP contribution < -0.4 is 14.9 Å². The van der Waals surface area contributed by atoms with E-state index in [9.17, 15) is 9.59 Å². The first-order valence-corrected chi connectivity index (χ1v) is 12.5. The van der Waals surface area contributed by atoms with Crippen molar-refractivity contribution < 1.29 is 18.7 Å². The number of nitrogens with zero attached hydrogens (tertiary/aromatic N) is 1. The standard InChI is InChI=1S/C29H26BrNO5/c1-16-13-21-23(14-17(16)2)36-28-25(27(21)32)26(19-6-8-20(30)9-7-19)31(29(28)33)12-11-18-5-10-22(34-3)24(15-18)35-4/h5-10,13-15,26H,11-12H2,1-4H3. The van der Waals surface area contributed by atoms with Crippen molar-refractivity contribution in [3.05, 3.63) is 103 Å². The number of ether oxygens (including phenoxy) is 2. The summed E-state index contributed by atoms with van der Waals surface area (Å²) < 4.78 is 17.8. The number of benzene rings is 3. The van der Waals surface area contributed by atoms with Crippen LogP contribution in [0.3, 0.4) is 0 Å². The van der Waals surface area contributed by atoms with E-state index in [1.54, 1.807) is 19.1 Å². The fourth-order valence-electron chi connectivity index (χ4n) is 4.78. The molecular formula is C29H26BrNO5. The molecular weight excluding hydrogens is 522 g/mol. The molecule has 2 heterocycles. The van der Waals surface area contributed by atoms with Crippen LogP contribution in [-0.2, 0) is 6.42 Å². The van der Waals surface area contributed by atoms with Crippen molar-refractivity contribution in [2.24, 2.45) is 0 Å². The Balaban J connectivity index is 1.60. The van der Waals surface area contributed by atoms with E-state index in [0.717, 1.165) is 26.7 Å². The van der Waals surface area contributed by atoms with Crippen LogP contribution in [0.4, 0.5) is 0 Å². The van der Waals surface area contributed by atoms with Gasteiger partial charge in [0.05, 0.1) is 31.2 Å². The molecule has 0 bridgehead atoms. The highest BCUT2D eigenvalue weighted by Gasteiger charge is 2.42. The molecule has 0 radical (unpaired) electrons. The molecule has 1 atom stereocenters. The number of carbonyl (C=O) groups is 1. The molecule has 5 rings (SSSR count). The summed E-state index contributed by atoms with van der Waals surface area (Å²) in [5.74, 6) is 1.11. The third kappa shape index (κ3) is 4.07. The number of methoxy groups -OCH3 is 2. The molecule has 1 aromatic heterocycles. The third-order valence-corrected chi connectivity index (χ3v) is 7.39. The fraction of sp³-hybridized carbons (Fsp3) is 0.241. The average molecular weight is 548 g/mol. The van der Waals surface area contributed by atoms with Crippen LogP contribution in [-0.4, -0.2) is 31.6 Å². The maximum Gasteiger partial charge on any atom is 0.290 e. The highest BCUT2D eigenvalue weighted by molar-refractivity contribution is 9.10. The first-order valence-electron chi connectivity index (χ1n) is 11.7. The summed E-state index contributed by atoms with van der Waals surface area (Å²) in [5.41, 5.74) is 4.52. The Hall–Kier alpha value is -3.58. The smallest absolute Gasteiger partial charge is 0.290 e. The van der Waals surface area contributed by atoms with Crippen LogP contribution in [0.1, 0.15) is 44.4 Å². The summed E-state index contributed by atoms with van der Waals surface area (Å²) in [6.45, 7) is 4.32. The maximum atomic E-state index is 13.8. The molecule has 1 amide bonds. The number of rotatable bonds is 6. The third-order valence-electron chi connectivity index (χ3n) is 6.86. The molecule has 36 heavy (non-hydrogen) atoms. The molecule has 1 aliphatic heterocycles. The lowest BCUT2D eigenvalue weighted by atomic mass is 9.97. The minimum Gasteiger partial charge on any atom is -0.493 e. The molecule has 6 nitrogen and oxygen atoms in total. The normalized spacial score (nSPS) is 14.9. The van der Waals surface area contributed by atoms with Crippen molar-refractivity contribution in [2.45, 2.75) is 26.3 Å². The van der Waals surface area contributed by atoms with E-state index >= 15 is 0 Å². The molecule has 0 N–H and O–H groups in total. The van der Waals surface area contributed by atoms with Gasteiger partial charge in [-0.2, -0.15) is 0 Å². The predicted octanol–water partition coefficient (Wildman–Crippen LogP) is 5.98. The molecule has 4 aromatic rings. The molecule has 7 heteroatoms. The quantitative estimate of drug-likeness (QED) is 0.297. The van der Waals surface area contributed by atoms with E-state index in [1.165, 1.54) is 0 Å². The fourth-order valence-corrected chi connectivity index (χ4v) is 5.05. The number of fused-ring (bicyclic) bond motifs is 2. The largest absolute Gasteiger partial charge is 0.493 e. The zero-order valence-electron chi connectivity index (χ0n) is 20.6. The summed E-state index contributed by atoms with van der Waals surface area (Å²) in [4.78, 5) is 29.2. The van der Waals surface area contributed by atoms with Crippen molar-refractivity contribution in [1.29, 1.82) is 0 Å². The minimum atomic E-state index is -0.539. The molecule has 0 saturated carbocycles. The number of aryl methyl sites for hydroxylation is 2. The Morgan fingerprint density at radius 1 is 0.917 bits per heavy atom. The van der Waals surface area contributed by atoms with Crippen LogP contribution in [0.5, 0.6) is 11.5 Å². The van der Waals surface area contributed by atoms with E-state index in [-0.39, 0.29) is 17.1 Å². The molecule has 0 aliphatic carbocycles. The lowest BCUT2D eigenvalue weighted by Crippen LogP contribution is -2.31. The highest BCUT2D eigenvalue weighted by atomic mass is 79.9. The molecule has 184 valence electrons. The number of hydrogen-bond acceptors (Lipinski definition) is 5. The van der Waals surface area contributed by atoms with Gasteiger partial charge in [0, 0.05) is 11.0 Å². The molecule has 0 fully saturated rings. The highest BCUT2D eigenvalue weighted by Crippen LogP contribution is 2.39. The Bertz CT molecular complexity index is 1540. The summed E-state index contributed by atoms with van der Waals surface area (Å²) in [6, 6.07) is 16.6. The topological polar surface area (TPSA) is 69.0 Å². The number of halogens is 1. The van der Waals surface area contributed by atoms with E-state index in [1.807, 2.05) is 68.4 Å². The average Bonchev–Trinajstić information content (AvgIpc) is 3.16. The summed E-state index contributed by atoms with van der Waals surface area (Å²) in [7, 11) is 3.19. The summed E-state index contributed by atoms with van der Waals surface area (Å²) >= 11 is 3.48. The van der Waals surface area contributed by atoms with Gasteiger partial charge in [0.25, 0.3) is 5.91 Å². The first kappa shape index (κ1) is 24.1. The van der Waals surface area contributed by atoms with Gasteiger partial charge in [-0.1, -0.05) is 34.1 Å². The lowest BCUT2D eigenvalue weighted by molar-refractivity contribution is 0.0730. The van der Waals surface area contributed by atoms with E-state index in [4.69, 9.17) is 13.9 Å². The Morgan fingerprint density at radius 2 is 1.61 bits per heavy atom. The van der Waals surface area contributed by atoms with Gasteiger partial charge in [0.1, 0.15) is 5.58 Å². The molecule has 1 unspecified atom stereocenters. The minimum absolute atomic E-state index is 0.121. The second kappa shape index (κ2) is 9.47.